The van der Waals surface area contributed by atoms with E-state index in [-0.39, 0.29) is 5.91 Å². The van der Waals surface area contributed by atoms with Crippen molar-refractivity contribution in [1.29, 1.82) is 0 Å². The van der Waals surface area contributed by atoms with Gasteiger partial charge < -0.3 is 9.88 Å². The van der Waals surface area contributed by atoms with E-state index in [0.29, 0.717) is 35.2 Å². The Kier molecular flexibility index (Phi) is 6.39. The van der Waals surface area contributed by atoms with Crippen LogP contribution in [0.3, 0.4) is 0 Å². The smallest absolute Gasteiger partial charge is 0.257 e. The van der Waals surface area contributed by atoms with Gasteiger partial charge in [-0.15, -0.1) is 0 Å². The number of benzene rings is 2. The van der Waals surface area contributed by atoms with Crippen molar-refractivity contribution < 1.29 is 4.79 Å². The molecule has 0 aliphatic carbocycles. The molecule has 2 aromatic carbocycles. The maximum atomic E-state index is 13.5. The van der Waals surface area contributed by atoms with E-state index < -0.39 is 0 Å². The predicted octanol–water partition coefficient (Wildman–Crippen LogP) is 6.05. The number of carbonyl (C=O) groups excluding carboxylic acids is 1. The van der Waals surface area contributed by atoms with Crippen LogP contribution in [0.4, 0.5) is 0 Å². The summed E-state index contributed by atoms with van der Waals surface area (Å²) in [6.07, 6.45) is 4.40. The molecule has 7 heteroatoms. The number of nitrogens with zero attached hydrogens (tertiary/aromatic N) is 3. The summed E-state index contributed by atoms with van der Waals surface area (Å²) in [6.45, 7) is 4.99. The number of aromatic nitrogens is 3. The minimum absolute atomic E-state index is 0.0867. The number of aryl methyl sites for hydroxylation is 1. The van der Waals surface area contributed by atoms with Gasteiger partial charge in [0.25, 0.3) is 5.91 Å². The van der Waals surface area contributed by atoms with E-state index in [1.807, 2.05) is 55.3 Å². The maximum Gasteiger partial charge on any atom is 0.257 e. The van der Waals surface area contributed by atoms with Crippen LogP contribution in [0.5, 0.6) is 0 Å². The summed E-state index contributed by atoms with van der Waals surface area (Å²) in [7, 11) is 0. The Balaban J connectivity index is 1.62. The SMILES string of the molecule is CCN(CCc1c[nH]c2ccccc12)C(=O)c1cnc(C)nc1-c1ccc(Br)c(Cl)c1. The van der Waals surface area contributed by atoms with Crippen molar-refractivity contribution in [1.82, 2.24) is 19.9 Å². The molecular weight excluding hydrogens is 476 g/mol. The number of carbonyl (C=O) groups is 1. The Bertz CT molecular complexity index is 1250. The second-order valence-corrected chi connectivity index (χ2v) is 8.56. The average Bonchev–Trinajstić information content (AvgIpc) is 3.19. The number of H-pyrrole nitrogens is 1. The summed E-state index contributed by atoms with van der Waals surface area (Å²) < 4.78 is 0.797. The van der Waals surface area contributed by atoms with Crippen molar-refractivity contribution in [2.24, 2.45) is 0 Å². The lowest BCUT2D eigenvalue weighted by Crippen LogP contribution is -2.33. The number of rotatable bonds is 6. The summed E-state index contributed by atoms with van der Waals surface area (Å²) in [5.41, 5.74) is 4.16. The predicted molar refractivity (Wildman–Crippen MR) is 128 cm³/mol. The Hall–Kier alpha value is -2.70. The monoisotopic (exact) mass is 496 g/mol. The molecule has 0 bridgehead atoms. The summed E-state index contributed by atoms with van der Waals surface area (Å²) in [6, 6.07) is 13.8. The van der Waals surface area contributed by atoms with Gasteiger partial charge in [-0.05, 0) is 60.0 Å². The lowest BCUT2D eigenvalue weighted by Gasteiger charge is -2.22. The minimum Gasteiger partial charge on any atom is -0.361 e. The summed E-state index contributed by atoms with van der Waals surface area (Å²) in [5, 5.41) is 1.76. The molecule has 0 saturated carbocycles. The lowest BCUT2D eigenvalue weighted by atomic mass is 10.1. The van der Waals surface area contributed by atoms with Crippen molar-refractivity contribution in [3.05, 3.63) is 81.3 Å². The highest BCUT2D eigenvalue weighted by Crippen LogP contribution is 2.30. The normalized spacial score (nSPS) is 11.1. The van der Waals surface area contributed by atoms with Crippen molar-refractivity contribution in [2.45, 2.75) is 20.3 Å². The zero-order chi connectivity index (χ0) is 22.0. The van der Waals surface area contributed by atoms with E-state index >= 15 is 0 Å². The molecule has 0 atom stereocenters. The molecule has 0 aliphatic heterocycles. The van der Waals surface area contributed by atoms with Crippen molar-refractivity contribution in [3.8, 4) is 11.3 Å². The first-order valence-electron chi connectivity index (χ1n) is 10.1. The number of likely N-dealkylation sites (N-methyl/N-ethyl adjacent to an activating group) is 1. The molecule has 0 aliphatic rings. The zero-order valence-corrected chi connectivity index (χ0v) is 19.7. The summed E-state index contributed by atoms with van der Waals surface area (Å²) >= 11 is 9.70. The highest BCUT2D eigenvalue weighted by molar-refractivity contribution is 9.10. The Morgan fingerprint density at radius 2 is 2.03 bits per heavy atom. The molecule has 2 heterocycles. The maximum absolute atomic E-state index is 13.5. The number of halogens is 2. The van der Waals surface area contributed by atoms with Gasteiger partial charge in [-0.2, -0.15) is 0 Å². The van der Waals surface area contributed by atoms with Gasteiger partial charge in [0, 0.05) is 46.4 Å². The second-order valence-electron chi connectivity index (χ2n) is 7.30. The van der Waals surface area contributed by atoms with E-state index in [4.69, 9.17) is 11.6 Å². The minimum atomic E-state index is -0.0867. The number of nitrogens with one attached hydrogen (secondary N) is 1. The van der Waals surface area contributed by atoms with Crippen LogP contribution in [-0.2, 0) is 6.42 Å². The van der Waals surface area contributed by atoms with Crippen LogP contribution in [0.2, 0.25) is 5.02 Å². The lowest BCUT2D eigenvalue weighted by molar-refractivity contribution is 0.0766. The Labute approximate surface area is 194 Å². The average molecular weight is 498 g/mol. The molecule has 0 fully saturated rings. The van der Waals surface area contributed by atoms with Crippen LogP contribution in [0.25, 0.3) is 22.2 Å². The third-order valence-electron chi connectivity index (χ3n) is 5.33. The first-order chi connectivity index (χ1) is 15.0. The molecule has 4 rings (SSSR count). The first-order valence-corrected chi connectivity index (χ1v) is 11.3. The number of aromatic amines is 1. The highest BCUT2D eigenvalue weighted by atomic mass is 79.9. The fourth-order valence-electron chi connectivity index (χ4n) is 3.66. The fraction of sp³-hybridized carbons (Fsp3) is 0.208. The van der Waals surface area contributed by atoms with Gasteiger partial charge in [0.05, 0.1) is 16.3 Å². The van der Waals surface area contributed by atoms with Crippen LogP contribution in [0, 0.1) is 6.92 Å². The van der Waals surface area contributed by atoms with Crippen LogP contribution in [0.15, 0.2) is 59.3 Å². The van der Waals surface area contributed by atoms with E-state index in [1.54, 1.807) is 6.20 Å². The van der Waals surface area contributed by atoms with Gasteiger partial charge in [0.1, 0.15) is 5.82 Å². The Morgan fingerprint density at radius 3 is 2.81 bits per heavy atom. The molecule has 5 nitrogen and oxygen atoms in total. The van der Waals surface area contributed by atoms with E-state index in [2.05, 4.69) is 43.0 Å². The molecule has 0 unspecified atom stereocenters. The number of hydrogen-bond acceptors (Lipinski definition) is 3. The van der Waals surface area contributed by atoms with E-state index in [9.17, 15) is 4.79 Å². The summed E-state index contributed by atoms with van der Waals surface area (Å²) in [4.78, 5) is 27.4. The van der Waals surface area contributed by atoms with Gasteiger partial charge in [0.2, 0.25) is 0 Å². The first kappa shape index (κ1) is 21.5. The van der Waals surface area contributed by atoms with E-state index in [1.165, 1.54) is 10.9 Å². The topological polar surface area (TPSA) is 61.9 Å². The Morgan fingerprint density at radius 1 is 1.23 bits per heavy atom. The number of fused-ring (bicyclic) bond motifs is 1. The number of para-hydroxylation sites is 1. The van der Waals surface area contributed by atoms with Crippen LogP contribution in [-0.4, -0.2) is 38.8 Å². The van der Waals surface area contributed by atoms with E-state index in [0.717, 1.165) is 22.0 Å². The number of hydrogen-bond donors (Lipinski definition) is 1. The molecule has 1 amide bonds. The highest BCUT2D eigenvalue weighted by Gasteiger charge is 2.21. The summed E-state index contributed by atoms with van der Waals surface area (Å²) in [5.74, 6) is 0.517. The van der Waals surface area contributed by atoms with Gasteiger partial charge in [-0.1, -0.05) is 35.9 Å². The molecule has 158 valence electrons. The van der Waals surface area contributed by atoms with Crippen LogP contribution >= 0.6 is 27.5 Å². The van der Waals surface area contributed by atoms with Gasteiger partial charge in [-0.3, -0.25) is 4.79 Å². The molecular formula is C24H22BrClN4O. The molecule has 0 radical (unpaired) electrons. The van der Waals surface area contributed by atoms with Crippen LogP contribution < -0.4 is 0 Å². The van der Waals surface area contributed by atoms with Gasteiger partial charge in [0.15, 0.2) is 0 Å². The van der Waals surface area contributed by atoms with Crippen molar-refractivity contribution >= 4 is 44.3 Å². The largest absolute Gasteiger partial charge is 0.361 e. The fourth-order valence-corrected chi connectivity index (χ4v) is 4.08. The molecule has 0 saturated heterocycles. The van der Waals surface area contributed by atoms with Crippen molar-refractivity contribution in [3.63, 3.8) is 0 Å². The molecule has 0 spiro atoms. The standard InChI is InChI=1S/C24H22BrClN4O/c1-3-30(11-10-17-13-28-22-7-5-4-6-18(17)22)24(31)19-14-27-15(2)29-23(19)16-8-9-20(25)21(26)12-16/h4-9,12-14,28H,3,10-11H2,1-2H3. The second kappa shape index (κ2) is 9.20. The van der Waals surface area contributed by atoms with Crippen molar-refractivity contribution in [2.75, 3.05) is 13.1 Å². The molecule has 2 aromatic heterocycles. The third-order valence-corrected chi connectivity index (χ3v) is 6.56. The zero-order valence-electron chi connectivity index (χ0n) is 17.3. The van der Waals surface area contributed by atoms with Gasteiger partial charge >= 0.3 is 0 Å². The molecule has 31 heavy (non-hydrogen) atoms. The van der Waals surface area contributed by atoms with Gasteiger partial charge in [-0.25, -0.2) is 9.97 Å². The quantitative estimate of drug-likeness (QED) is 0.352. The third kappa shape index (κ3) is 4.50. The number of amides is 1. The molecule has 4 aromatic rings. The van der Waals surface area contributed by atoms with Crippen LogP contribution in [0.1, 0.15) is 28.7 Å². The molecule has 1 N–H and O–H groups in total.